The topological polar surface area (TPSA) is 93.8 Å². The van der Waals surface area contributed by atoms with E-state index in [0.717, 1.165) is 5.56 Å². The van der Waals surface area contributed by atoms with Crippen LogP contribution < -0.4 is 10.6 Å². The van der Waals surface area contributed by atoms with Crippen LogP contribution in [0.5, 0.6) is 0 Å². The predicted molar refractivity (Wildman–Crippen MR) is 93.5 cm³/mol. The van der Waals surface area contributed by atoms with Gasteiger partial charge in [0.25, 0.3) is 11.8 Å². The summed E-state index contributed by atoms with van der Waals surface area (Å²) in [6.45, 7) is 1.88. The average molecular weight is 338 g/mol. The molecule has 0 bridgehead atoms. The quantitative estimate of drug-likeness (QED) is 0.760. The van der Waals surface area contributed by atoms with Gasteiger partial charge >= 0.3 is 0 Å². The van der Waals surface area contributed by atoms with Gasteiger partial charge in [0, 0.05) is 25.5 Å². The number of nitrogens with one attached hydrogen (secondary N) is 2. The summed E-state index contributed by atoms with van der Waals surface area (Å²) in [6, 6.07) is 5.33. The smallest absolute Gasteiger partial charge is 0.273 e. The molecule has 3 aromatic rings. The molecule has 25 heavy (non-hydrogen) atoms. The van der Waals surface area contributed by atoms with Gasteiger partial charge in [-0.25, -0.2) is 9.97 Å². The van der Waals surface area contributed by atoms with Crippen LogP contribution in [0.2, 0.25) is 0 Å². The van der Waals surface area contributed by atoms with Crippen molar-refractivity contribution in [1.82, 2.24) is 19.1 Å². The Balaban J connectivity index is 1.79. The molecule has 2 aromatic heterocycles. The first-order valence-electron chi connectivity index (χ1n) is 7.61. The molecule has 0 aliphatic heterocycles. The van der Waals surface area contributed by atoms with Crippen molar-refractivity contribution in [3.05, 3.63) is 60.2 Å². The van der Waals surface area contributed by atoms with Gasteiger partial charge in [-0.15, -0.1) is 0 Å². The first-order valence-corrected chi connectivity index (χ1v) is 7.61. The third-order valence-electron chi connectivity index (χ3n) is 3.84. The molecule has 3 rings (SSSR count). The normalized spacial score (nSPS) is 10.5. The van der Waals surface area contributed by atoms with E-state index < -0.39 is 0 Å². The number of rotatable bonds is 4. The first kappa shape index (κ1) is 16.4. The molecular formula is C17H18N6O2. The number of nitrogens with zero attached hydrogens (tertiary/aromatic N) is 4. The number of carbonyl (C=O) groups is 2. The van der Waals surface area contributed by atoms with Crippen LogP contribution in [0.15, 0.2) is 43.2 Å². The van der Waals surface area contributed by atoms with E-state index in [9.17, 15) is 9.59 Å². The number of hydrogen-bond acceptors (Lipinski definition) is 4. The number of aromatic nitrogens is 4. The molecule has 128 valence electrons. The fourth-order valence-electron chi connectivity index (χ4n) is 2.37. The van der Waals surface area contributed by atoms with E-state index in [1.54, 1.807) is 48.0 Å². The minimum atomic E-state index is -0.271. The van der Waals surface area contributed by atoms with Gasteiger partial charge in [-0.3, -0.25) is 9.59 Å². The Morgan fingerprint density at radius 3 is 2.00 bits per heavy atom. The van der Waals surface area contributed by atoms with Crippen molar-refractivity contribution in [3.8, 4) is 0 Å². The molecule has 0 aliphatic rings. The number of aryl methyl sites for hydroxylation is 3. The molecular weight excluding hydrogens is 320 g/mol. The van der Waals surface area contributed by atoms with Crippen LogP contribution in [0.25, 0.3) is 0 Å². The lowest BCUT2D eigenvalue weighted by atomic mass is 10.1. The highest BCUT2D eigenvalue weighted by molar-refractivity contribution is 6.05. The van der Waals surface area contributed by atoms with Crippen molar-refractivity contribution in [2.24, 2.45) is 14.1 Å². The Morgan fingerprint density at radius 1 is 0.920 bits per heavy atom. The molecule has 0 radical (unpaired) electrons. The van der Waals surface area contributed by atoms with Crippen LogP contribution in [0.3, 0.4) is 0 Å². The van der Waals surface area contributed by atoms with Crippen molar-refractivity contribution < 1.29 is 9.59 Å². The van der Waals surface area contributed by atoms with Crippen molar-refractivity contribution in [2.75, 3.05) is 10.6 Å². The minimum absolute atomic E-state index is 0.266. The molecule has 0 saturated heterocycles. The summed E-state index contributed by atoms with van der Waals surface area (Å²) < 4.78 is 3.27. The zero-order valence-corrected chi connectivity index (χ0v) is 14.1. The van der Waals surface area contributed by atoms with E-state index >= 15 is 0 Å². The van der Waals surface area contributed by atoms with Crippen molar-refractivity contribution in [3.63, 3.8) is 0 Å². The van der Waals surface area contributed by atoms with Crippen LogP contribution in [-0.2, 0) is 14.1 Å². The highest BCUT2D eigenvalue weighted by Crippen LogP contribution is 2.21. The van der Waals surface area contributed by atoms with Gasteiger partial charge in [0.05, 0.1) is 25.0 Å². The second kappa shape index (κ2) is 6.60. The number of hydrogen-bond donors (Lipinski definition) is 2. The Labute approximate surface area is 144 Å². The number of carbonyl (C=O) groups excluding carboxylic acids is 2. The monoisotopic (exact) mass is 338 g/mol. The standard InChI is InChI=1S/C17H18N6O2/c1-11-4-5-12(20-16(24)14-7-18-9-22(14)2)6-13(11)21-17(25)15-8-19-10-23(15)3/h4-10H,1-3H3,(H,20,24)(H,21,25). The van der Waals surface area contributed by atoms with Crippen molar-refractivity contribution in [1.29, 1.82) is 0 Å². The summed E-state index contributed by atoms with van der Waals surface area (Å²) in [4.78, 5) is 32.5. The lowest BCUT2D eigenvalue weighted by Crippen LogP contribution is -2.17. The second-order valence-corrected chi connectivity index (χ2v) is 5.72. The van der Waals surface area contributed by atoms with Gasteiger partial charge in [-0.2, -0.15) is 0 Å². The molecule has 0 atom stereocenters. The summed E-state index contributed by atoms with van der Waals surface area (Å²) in [5, 5.41) is 5.65. The molecule has 8 heteroatoms. The SMILES string of the molecule is Cc1ccc(NC(=O)c2cncn2C)cc1NC(=O)c1cncn1C. The van der Waals surface area contributed by atoms with Gasteiger partial charge in [0.15, 0.2) is 0 Å². The second-order valence-electron chi connectivity index (χ2n) is 5.72. The van der Waals surface area contributed by atoms with Crippen LogP contribution in [0.4, 0.5) is 11.4 Å². The Hall–Kier alpha value is -3.42. The van der Waals surface area contributed by atoms with Gasteiger partial charge in [0.2, 0.25) is 0 Å². The molecule has 8 nitrogen and oxygen atoms in total. The predicted octanol–water partition coefficient (Wildman–Crippen LogP) is 1.97. The summed E-state index contributed by atoms with van der Waals surface area (Å²) in [6.07, 6.45) is 6.11. The summed E-state index contributed by atoms with van der Waals surface area (Å²) in [5.41, 5.74) is 2.98. The highest BCUT2D eigenvalue weighted by atomic mass is 16.2. The van der Waals surface area contributed by atoms with Crippen molar-refractivity contribution >= 4 is 23.2 Å². The summed E-state index contributed by atoms with van der Waals surface area (Å²) >= 11 is 0. The molecule has 0 fully saturated rings. The molecule has 0 spiro atoms. The van der Waals surface area contributed by atoms with E-state index in [1.165, 1.54) is 12.4 Å². The maximum absolute atomic E-state index is 12.3. The fourth-order valence-corrected chi connectivity index (χ4v) is 2.37. The fraction of sp³-hybridized carbons (Fsp3) is 0.176. The molecule has 1 aromatic carbocycles. The van der Waals surface area contributed by atoms with Crippen molar-refractivity contribution in [2.45, 2.75) is 6.92 Å². The number of anilines is 2. The molecule has 2 N–H and O–H groups in total. The minimum Gasteiger partial charge on any atom is -0.330 e. The largest absolute Gasteiger partial charge is 0.330 e. The maximum atomic E-state index is 12.3. The number of amides is 2. The third kappa shape index (κ3) is 3.42. The van der Waals surface area contributed by atoms with Gasteiger partial charge in [-0.1, -0.05) is 6.07 Å². The van der Waals surface area contributed by atoms with Gasteiger partial charge < -0.3 is 19.8 Å². The van der Waals surface area contributed by atoms with Crippen LogP contribution in [0.1, 0.15) is 26.5 Å². The van der Waals surface area contributed by atoms with E-state index in [-0.39, 0.29) is 11.8 Å². The Kier molecular flexibility index (Phi) is 4.34. The van der Waals surface area contributed by atoms with E-state index in [0.29, 0.717) is 22.8 Å². The number of benzene rings is 1. The van der Waals surface area contributed by atoms with Gasteiger partial charge in [0.1, 0.15) is 11.4 Å². The Morgan fingerprint density at radius 2 is 1.48 bits per heavy atom. The lowest BCUT2D eigenvalue weighted by molar-refractivity contribution is 0.101. The van der Waals surface area contributed by atoms with Gasteiger partial charge in [-0.05, 0) is 24.6 Å². The van der Waals surface area contributed by atoms with E-state index in [2.05, 4.69) is 20.6 Å². The third-order valence-corrected chi connectivity index (χ3v) is 3.84. The Bertz CT molecular complexity index is 940. The van der Waals surface area contributed by atoms with Crippen LogP contribution in [0, 0.1) is 6.92 Å². The van der Waals surface area contributed by atoms with E-state index in [1.807, 2.05) is 13.0 Å². The maximum Gasteiger partial charge on any atom is 0.273 e. The highest BCUT2D eigenvalue weighted by Gasteiger charge is 2.13. The molecule has 2 heterocycles. The van der Waals surface area contributed by atoms with Crippen LogP contribution >= 0.6 is 0 Å². The molecule has 2 amide bonds. The average Bonchev–Trinajstić information content (AvgIpc) is 3.18. The molecule has 0 unspecified atom stereocenters. The zero-order chi connectivity index (χ0) is 18.0. The number of imidazole rings is 2. The summed E-state index contributed by atoms with van der Waals surface area (Å²) in [5.74, 6) is -0.536. The molecule has 0 aliphatic carbocycles. The summed E-state index contributed by atoms with van der Waals surface area (Å²) in [7, 11) is 3.50. The molecule has 0 saturated carbocycles. The zero-order valence-electron chi connectivity index (χ0n) is 14.1. The van der Waals surface area contributed by atoms with E-state index in [4.69, 9.17) is 0 Å². The lowest BCUT2D eigenvalue weighted by Gasteiger charge is -2.12. The first-order chi connectivity index (χ1) is 12.0. The van der Waals surface area contributed by atoms with Crippen LogP contribution in [-0.4, -0.2) is 30.9 Å².